The molecule has 2 heterocycles. The number of rotatable bonds is 7. The number of phenols is 1. The molecule has 208 valence electrons. The van der Waals surface area contributed by atoms with E-state index in [0.29, 0.717) is 24.9 Å². The standard InChI is InChI=1S/C30H35B2NO7/c1-17(2)23-15-24-28(30(36)33(29(24)35)21-8-5-7-20(14-21)32(38)39)25-16-31(37)40-26(27(23)25)11-10-18(3)12-19-6-4-9-22(34)13-19/h4-9,12-14,17,24-26,28,34,37-39H,10-11,15-16H2,1-3H3/b18-12+/t24-,25+,26-,28-/m1/s1. The van der Waals surface area contributed by atoms with E-state index in [1.165, 1.54) is 17.0 Å². The molecule has 5 rings (SSSR count). The zero-order valence-electron chi connectivity index (χ0n) is 23.0. The summed E-state index contributed by atoms with van der Waals surface area (Å²) in [6.07, 6.45) is 3.62. The van der Waals surface area contributed by atoms with Gasteiger partial charge in [-0.15, -0.1) is 0 Å². The number of hydrogen-bond donors (Lipinski definition) is 4. The molecule has 3 aliphatic rings. The molecule has 0 saturated carbocycles. The van der Waals surface area contributed by atoms with Crippen LogP contribution in [0.3, 0.4) is 0 Å². The molecule has 2 saturated heterocycles. The first-order valence-corrected chi connectivity index (χ1v) is 13.9. The van der Waals surface area contributed by atoms with Crippen LogP contribution in [-0.2, 0) is 14.2 Å². The molecular formula is C30H35B2NO7. The molecule has 2 aliphatic heterocycles. The van der Waals surface area contributed by atoms with Gasteiger partial charge in [-0.2, -0.15) is 0 Å². The molecule has 2 fully saturated rings. The minimum absolute atomic E-state index is 0.133. The van der Waals surface area contributed by atoms with Crippen molar-refractivity contribution in [3.8, 4) is 5.75 Å². The second kappa shape index (κ2) is 11.4. The molecule has 2 amide bonds. The molecule has 2 aromatic rings. The number of aromatic hydroxyl groups is 1. The van der Waals surface area contributed by atoms with Crippen molar-refractivity contribution in [1.29, 1.82) is 0 Å². The monoisotopic (exact) mass is 543 g/mol. The second-order valence-corrected chi connectivity index (χ2v) is 11.5. The summed E-state index contributed by atoms with van der Waals surface area (Å²) in [7, 11) is -2.77. The van der Waals surface area contributed by atoms with Crippen LogP contribution in [0.2, 0.25) is 6.32 Å². The van der Waals surface area contributed by atoms with E-state index in [1.54, 1.807) is 30.3 Å². The van der Waals surface area contributed by atoms with Crippen molar-refractivity contribution in [3.63, 3.8) is 0 Å². The van der Waals surface area contributed by atoms with E-state index in [-0.39, 0.29) is 47.3 Å². The minimum Gasteiger partial charge on any atom is -0.508 e. The Kier molecular flexibility index (Phi) is 8.06. The molecule has 0 bridgehead atoms. The normalized spacial score (nSPS) is 25.0. The van der Waals surface area contributed by atoms with Gasteiger partial charge in [-0.05, 0) is 85.2 Å². The Bertz CT molecular complexity index is 1370. The van der Waals surface area contributed by atoms with Crippen LogP contribution in [0.15, 0.2) is 65.3 Å². The third kappa shape index (κ3) is 5.41. The zero-order chi connectivity index (χ0) is 28.7. The third-order valence-corrected chi connectivity index (χ3v) is 8.45. The number of phenolic OH excluding ortho intramolecular Hbond substituents is 1. The summed E-state index contributed by atoms with van der Waals surface area (Å²) in [5.74, 6) is -1.76. The highest BCUT2D eigenvalue weighted by molar-refractivity contribution is 6.58. The first-order valence-electron chi connectivity index (χ1n) is 13.9. The fourth-order valence-electron chi connectivity index (χ4n) is 6.66. The molecule has 2 aromatic carbocycles. The lowest BCUT2D eigenvalue weighted by Gasteiger charge is -2.44. The second-order valence-electron chi connectivity index (χ2n) is 11.5. The average Bonchev–Trinajstić information content (AvgIpc) is 3.16. The van der Waals surface area contributed by atoms with Crippen LogP contribution in [0.4, 0.5) is 5.69 Å². The van der Waals surface area contributed by atoms with Gasteiger partial charge in [-0.25, -0.2) is 0 Å². The highest BCUT2D eigenvalue weighted by atomic mass is 16.5. The molecule has 0 spiro atoms. The van der Waals surface area contributed by atoms with E-state index < -0.39 is 26.1 Å². The molecule has 4 atom stereocenters. The van der Waals surface area contributed by atoms with Crippen molar-refractivity contribution in [2.24, 2.45) is 23.7 Å². The quantitative estimate of drug-likeness (QED) is 0.240. The Morgan fingerprint density at radius 1 is 1.12 bits per heavy atom. The molecular weight excluding hydrogens is 508 g/mol. The van der Waals surface area contributed by atoms with Crippen LogP contribution in [0.1, 0.15) is 45.6 Å². The molecule has 0 unspecified atom stereocenters. The molecule has 0 radical (unpaired) electrons. The number of imide groups is 1. The van der Waals surface area contributed by atoms with Crippen molar-refractivity contribution >= 4 is 43.3 Å². The van der Waals surface area contributed by atoms with Gasteiger partial charge in [0.2, 0.25) is 11.8 Å². The Balaban J connectivity index is 1.44. The third-order valence-electron chi connectivity index (χ3n) is 8.45. The van der Waals surface area contributed by atoms with Gasteiger partial charge in [0.05, 0.1) is 23.6 Å². The smallest absolute Gasteiger partial charge is 0.488 e. The number of hydrogen-bond acceptors (Lipinski definition) is 7. The summed E-state index contributed by atoms with van der Waals surface area (Å²) in [5, 5.41) is 39.8. The maximum Gasteiger partial charge on any atom is 0.488 e. The predicted molar refractivity (Wildman–Crippen MR) is 154 cm³/mol. The van der Waals surface area contributed by atoms with Crippen molar-refractivity contribution in [2.75, 3.05) is 4.90 Å². The van der Waals surface area contributed by atoms with Gasteiger partial charge in [-0.1, -0.05) is 55.3 Å². The van der Waals surface area contributed by atoms with Gasteiger partial charge in [0.1, 0.15) is 5.75 Å². The van der Waals surface area contributed by atoms with Crippen LogP contribution in [0, 0.1) is 23.7 Å². The van der Waals surface area contributed by atoms with Gasteiger partial charge in [0, 0.05) is 0 Å². The van der Waals surface area contributed by atoms with Crippen molar-refractivity contribution in [1.82, 2.24) is 0 Å². The lowest BCUT2D eigenvalue weighted by molar-refractivity contribution is -0.122. The lowest BCUT2D eigenvalue weighted by Crippen LogP contribution is -2.46. The largest absolute Gasteiger partial charge is 0.508 e. The van der Waals surface area contributed by atoms with Gasteiger partial charge in [0.15, 0.2) is 0 Å². The van der Waals surface area contributed by atoms with E-state index >= 15 is 0 Å². The molecule has 4 N–H and O–H groups in total. The SMILES string of the molecule is C/C(=C\c1cccc(O)c1)CC[C@H]1OB(O)C[C@H]2C1=C(C(C)C)C[C@H]1C(=O)N(c3cccc(B(O)O)c3)C(=O)[C@H]12. The first kappa shape index (κ1) is 28.4. The topological polar surface area (TPSA) is 128 Å². The Hall–Kier alpha value is -3.17. The molecule has 0 aromatic heterocycles. The Morgan fingerprint density at radius 3 is 2.58 bits per heavy atom. The number of amides is 2. The number of fused-ring (bicyclic) bond motifs is 3. The summed E-state index contributed by atoms with van der Waals surface area (Å²) in [6.45, 7) is 6.18. The number of allylic oxidation sites excluding steroid dienone is 2. The Morgan fingerprint density at radius 2 is 1.88 bits per heavy atom. The van der Waals surface area contributed by atoms with Crippen molar-refractivity contribution < 1.29 is 34.4 Å². The van der Waals surface area contributed by atoms with E-state index in [0.717, 1.165) is 22.3 Å². The zero-order valence-corrected chi connectivity index (χ0v) is 23.0. The Labute approximate surface area is 235 Å². The molecule has 8 nitrogen and oxygen atoms in total. The fourth-order valence-corrected chi connectivity index (χ4v) is 6.66. The van der Waals surface area contributed by atoms with Crippen LogP contribution in [0.25, 0.3) is 6.08 Å². The minimum atomic E-state index is -1.72. The van der Waals surface area contributed by atoms with E-state index in [4.69, 9.17) is 4.65 Å². The van der Waals surface area contributed by atoms with Crippen LogP contribution in [-0.4, -0.2) is 52.3 Å². The highest BCUT2D eigenvalue weighted by Gasteiger charge is 2.57. The summed E-state index contributed by atoms with van der Waals surface area (Å²) in [6, 6.07) is 13.2. The van der Waals surface area contributed by atoms with Crippen LogP contribution >= 0.6 is 0 Å². The highest BCUT2D eigenvalue weighted by Crippen LogP contribution is 2.52. The number of nitrogens with zero attached hydrogens (tertiary/aromatic N) is 1. The summed E-state index contributed by atoms with van der Waals surface area (Å²) in [5.41, 5.74) is 4.66. The average molecular weight is 543 g/mol. The predicted octanol–water partition coefficient (Wildman–Crippen LogP) is 2.91. The molecule has 1 aliphatic carbocycles. The number of carbonyl (C=O) groups is 2. The maximum atomic E-state index is 13.9. The number of anilines is 1. The van der Waals surface area contributed by atoms with Gasteiger partial charge >= 0.3 is 14.2 Å². The summed E-state index contributed by atoms with van der Waals surface area (Å²) in [4.78, 5) is 28.7. The van der Waals surface area contributed by atoms with Crippen molar-refractivity contribution in [3.05, 3.63) is 70.8 Å². The molecule has 10 heteroatoms. The van der Waals surface area contributed by atoms with Gasteiger partial charge < -0.3 is 24.8 Å². The van der Waals surface area contributed by atoms with Gasteiger partial charge in [0.25, 0.3) is 0 Å². The lowest BCUT2D eigenvalue weighted by atomic mass is 9.57. The fraction of sp³-hybridized carbons (Fsp3) is 0.400. The molecule has 40 heavy (non-hydrogen) atoms. The summed E-state index contributed by atoms with van der Waals surface area (Å²) >= 11 is 0. The van der Waals surface area contributed by atoms with E-state index in [9.17, 15) is 29.8 Å². The van der Waals surface area contributed by atoms with Crippen molar-refractivity contribution in [2.45, 2.75) is 52.5 Å². The first-order chi connectivity index (χ1) is 19.0. The van der Waals surface area contributed by atoms with Crippen LogP contribution < -0.4 is 10.4 Å². The van der Waals surface area contributed by atoms with E-state index in [2.05, 4.69) is 13.8 Å². The van der Waals surface area contributed by atoms with Crippen LogP contribution in [0.5, 0.6) is 5.75 Å². The van der Waals surface area contributed by atoms with E-state index in [1.807, 2.05) is 19.1 Å². The summed E-state index contributed by atoms with van der Waals surface area (Å²) < 4.78 is 6.09. The number of benzene rings is 2. The van der Waals surface area contributed by atoms with Gasteiger partial charge in [-0.3, -0.25) is 14.5 Å². The maximum absolute atomic E-state index is 13.9. The number of carbonyl (C=O) groups excluding carboxylic acids is 2.